The lowest BCUT2D eigenvalue weighted by Crippen LogP contribution is -2.53. The lowest BCUT2D eigenvalue weighted by Gasteiger charge is -2.36. The summed E-state index contributed by atoms with van der Waals surface area (Å²) < 4.78 is 0. The summed E-state index contributed by atoms with van der Waals surface area (Å²) in [5, 5.41) is 8.73. The van der Waals surface area contributed by atoms with Crippen molar-refractivity contribution in [3.63, 3.8) is 0 Å². The van der Waals surface area contributed by atoms with Crippen molar-refractivity contribution in [1.29, 1.82) is 0 Å². The van der Waals surface area contributed by atoms with E-state index in [1.54, 1.807) is 4.90 Å². The lowest BCUT2D eigenvalue weighted by atomic mass is 10.0. The van der Waals surface area contributed by atoms with Crippen LogP contribution in [0.4, 0.5) is 0 Å². The van der Waals surface area contributed by atoms with E-state index in [1.165, 1.54) is 11.8 Å². The van der Waals surface area contributed by atoms with Crippen molar-refractivity contribution in [1.82, 2.24) is 4.90 Å². The van der Waals surface area contributed by atoms with Crippen LogP contribution in [0, 0.1) is 12.8 Å². The van der Waals surface area contributed by atoms with E-state index in [1.807, 2.05) is 31.2 Å². The SMILES string of the molecule is Cc1ccccc1SCC(=O)N1CC(C(=O)O)C1. The first-order chi connectivity index (χ1) is 8.58. The minimum atomic E-state index is -0.814. The summed E-state index contributed by atoms with van der Waals surface area (Å²) in [4.78, 5) is 25.1. The summed E-state index contributed by atoms with van der Waals surface area (Å²) in [6, 6.07) is 7.92. The van der Waals surface area contributed by atoms with Crippen LogP contribution in [0.1, 0.15) is 5.56 Å². The van der Waals surface area contributed by atoms with E-state index in [4.69, 9.17) is 5.11 Å². The summed E-state index contributed by atoms with van der Waals surface area (Å²) in [6.45, 7) is 2.71. The molecule has 1 aliphatic heterocycles. The molecule has 0 aliphatic carbocycles. The number of hydrogen-bond acceptors (Lipinski definition) is 3. The van der Waals surface area contributed by atoms with Gasteiger partial charge < -0.3 is 10.0 Å². The predicted molar refractivity (Wildman–Crippen MR) is 69.6 cm³/mol. The van der Waals surface area contributed by atoms with Gasteiger partial charge in [0, 0.05) is 18.0 Å². The van der Waals surface area contributed by atoms with Gasteiger partial charge in [-0.05, 0) is 18.6 Å². The molecule has 0 bridgehead atoms. The van der Waals surface area contributed by atoms with Crippen molar-refractivity contribution in [3.8, 4) is 0 Å². The maximum atomic E-state index is 11.8. The Morgan fingerprint density at radius 3 is 2.67 bits per heavy atom. The molecule has 1 N–H and O–H groups in total. The van der Waals surface area contributed by atoms with Crippen molar-refractivity contribution >= 4 is 23.6 Å². The topological polar surface area (TPSA) is 57.6 Å². The number of carbonyl (C=O) groups excluding carboxylic acids is 1. The molecule has 0 radical (unpaired) electrons. The van der Waals surface area contributed by atoms with Gasteiger partial charge in [-0.25, -0.2) is 0 Å². The Hall–Kier alpha value is -1.49. The zero-order valence-corrected chi connectivity index (χ0v) is 10.9. The fraction of sp³-hybridized carbons (Fsp3) is 0.385. The highest BCUT2D eigenvalue weighted by Crippen LogP contribution is 2.24. The number of likely N-dealkylation sites (tertiary alicyclic amines) is 1. The molecular formula is C13H15NO3S. The van der Waals surface area contributed by atoms with Gasteiger partial charge in [-0.15, -0.1) is 11.8 Å². The van der Waals surface area contributed by atoms with Gasteiger partial charge in [0.1, 0.15) is 0 Å². The molecule has 0 spiro atoms. The van der Waals surface area contributed by atoms with Gasteiger partial charge in [0.15, 0.2) is 0 Å². The van der Waals surface area contributed by atoms with Gasteiger partial charge >= 0.3 is 5.97 Å². The second-order valence-electron chi connectivity index (χ2n) is 4.39. The maximum Gasteiger partial charge on any atom is 0.310 e. The molecule has 1 aromatic carbocycles. The largest absolute Gasteiger partial charge is 0.481 e. The van der Waals surface area contributed by atoms with E-state index in [0.717, 1.165) is 10.5 Å². The number of benzene rings is 1. The Morgan fingerprint density at radius 2 is 2.06 bits per heavy atom. The third-order valence-electron chi connectivity index (χ3n) is 3.03. The van der Waals surface area contributed by atoms with Crippen molar-refractivity contribution in [2.45, 2.75) is 11.8 Å². The number of aryl methyl sites for hydroxylation is 1. The molecule has 1 fully saturated rings. The second-order valence-corrected chi connectivity index (χ2v) is 5.41. The minimum Gasteiger partial charge on any atom is -0.481 e. The monoisotopic (exact) mass is 265 g/mol. The summed E-state index contributed by atoms with van der Waals surface area (Å²) in [7, 11) is 0. The molecule has 1 aliphatic rings. The van der Waals surface area contributed by atoms with Crippen molar-refractivity contribution in [2.75, 3.05) is 18.8 Å². The first-order valence-electron chi connectivity index (χ1n) is 5.77. The minimum absolute atomic E-state index is 0.0146. The summed E-state index contributed by atoms with van der Waals surface area (Å²) >= 11 is 1.50. The van der Waals surface area contributed by atoms with E-state index in [2.05, 4.69) is 0 Å². The number of carboxylic acids is 1. The van der Waals surface area contributed by atoms with Crippen LogP contribution in [0.5, 0.6) is 0 Å². The van der Waals surface area contributed by atoms with Gasteiger partial charge in [-0.1, -0.05) is 18.2 Å². The van der Waals surface area contributed by atoms with Crippen molar-refractivity contribution in [3.05, 3.63) is 29.8 Å². The fourth-order valence-electron chi connectivity index (χ4n) is 1.79. The molecule has 1 aromatic rings. The number of aliphatic carboxylic acids is 1. The van der Waals surface area contributed by atoms with Gasteiger partial charge in [-0.2, -0.15) is 0 Å². The van der Waals surface area contributed by atoms with Gasteiger partial charge in [0.25, 0.3) is 0 Å². The number of hydrogen-bond donors (Lipinski definition) is 1. The molecule has 0 atom stereocenters. The van der Waals surface area contributed by atoms with Gasteiger partial charge in [0.05, 0.1) is 11.7 Å². The maximum absolute atomic E-state index is 11.8. The predicted octanol–water partition coefficient (Wildman–Crippen LogP) is 1.63. The van der Waals surface area contributed by atoms with E-state index < -0.39 is 5.97 Å². The number of thioether (sulfide) groups is 1. The third-order valence-corrected chi connectivity index (χ3v) is 4.19. The lowest BCUT2D eigenvalue weighted by molar-refractivity contribution is -0.151. The third kappa shape index (κ3) is 2.85. The van der Waals surface area contributed by atoms with Crippen LogP contribution in [-0.4, -0.2) is 40.7 Å². The average molecular weight is 265 g/mol. The molecule has 0 unspecified atom stereocenters. The van der Waals surface area contributed by atoms with E-state index >= 15 is 0 Å². The van der Waals surface area contributed by atoms with Crippen LogP contribution < -0.4 is 0 Å². The number of carboxylic acid groups (broad SMARTS) is 1. The van der Waals surface area contributed by atoms with Crippen LogP contribution in [0.25, 0.3) is 0 Å². The van der Waals surface area contributed by atoms with E-state index in [-0.39, 0.29) is 11.8 Å². The molecule has 2 rings (SSSR count). The van der Waals surface area contributed by atoms with Crippen LogP contribution in [0.3, 0.4) is 0 Å². The van der Waals surface area contributed by atoms with Gasteiger partial charge in [-0.3, -0.25) is 9.59 Å². The Bertz CT molecular complexity index is 469. The highest BCUT2D eigenvalue weighted by atomic mass is 32.2. The number of nitrogens with zero attached hydrogens (tertiary/aromatic N) is 1. The van der Waals surface area contributed by atoms with Crippen LogP contribution >= 0.6 is 11.8 Å². The smallest absolute Gasteiger partial charge is 0.310 e. The number of amides is 1. The highest BCUT2D eigenvalue weighted by molar-refractivity contribution is 8.00. The molecule has 18 heavy (non-hydrogen) atoms. The molecular weight excluding hydrogens is 250 g/mol. The van der Waals surface area contributed by atoms with Crippen molar-refractivity contribution < 1.29 is 14.7 Å². The molecule has 1 heterocycles. The normalized spacial score (nSPS) is 15.3. The molecule has 1 saturated heterocycles. The molecule has 0 saturated carbocycles. The van der Waals surface area contributed by atoms with Crippen LogP contribution in [0.15, 0.2) is 29.2 Å². The number of carbonyl (C=O) groups is 2. The molecule has 0 aromatic heterocycles. The Morgan fingerprint density at radius 1 is 1.39 bits per heavy atom. The van der Waals surface area contributed by atoms with E-state index in [0.29, 0.717) is 18.8 Å². The zero-order chi connectivity index (χ0) is 13.1. The summed E-state index contributed by atoms with van der Waals surface area (Å²) in [5.74, 6) is -0.805. The van der Waals surface area contributed by atoms with Crippen LogP contribution in [0.2, 0.25) is 0 Å². The Balaban J connectivity index is 1.80. The number of rotatable bonds is 4. The van der Waals surface area contributed by atoms with Crippen molar-refractivity contribution in [2.24, 2.45) is 5.92 Å². The summed E-state index contributed by atoms with van der Waals surface area (Å²) in [6.07, 6.45) is 0. The van der Waals surface area contributed by atoms with E-state index in [9.17, 15) is 9.59 Å². The zero-order valence-electron chi connectivity index (χ0n) is 10.1. The molecule has 4 nitrogen and oxygen atoms in total. The van der Waals surface area contributed by atoms with Crippen LogP contribution in [-0.2, 0) is 9.59 Å². The Labute approximate surface area is 110 Å². The Kier molecular flexibility index (Phi) is 3.91. The fourth-order valence-corrected chi connectivity index (χ4v) is 2.72. The molecule has 5 heteroatoms. The molecule has 1 amide bonds. The first-order valence-corrected chi connectivity index (χ1v) is 6.75. The highest BCUT2D eigenvalue weighted by Gasteiger charge is 2.35. The summed E-state index contributed by atoms with van der Waals surface area (Å²) in [5.41, 5.74) is 1.15. The first kappa shape index (κ1) is 13.0. The quantitative estimate of drug-likeness (QED) is 0.841. The molecule has 96 valence electrons. The van der Waals surface area contributed by atoms with Gasteiger partial charge in [0.2, 0.25) is 5.91 Å². The second kappa shape index (κ2) is 5.44. The standard InChI is InChI=1S/C13H15NO3S/c1-9-4-2-3-5-11(9)18-8-12(15)14-6-10(7-14)13(16)17/h2-5,10H,6-8H2,1H3,(H,16,17). The average Bonchev–Trinajstić information content (AvgIpc) is 2.25.